The lowest BCUT2D eigenvalue weighted by Crippen LogP contribution is -2.26. The van der Waals surface area contributed by atoms with Crippen molar-refractivity contribution >= 4 is 5.91 Å². The number of hydrogen-bond acceptors (Lipinski definition) is 1. The summed E-state index contributed by atoms with van der Waals surface area (Å²) in [5.74, 6) is 0.298. The van der Waals surface area contributed by atoms with E-state index in [2.05, 4.69) is 6.58 Å². The third-order valence-corrected chi connectivity index (χ3v) is 2.85. The van der Waals surface area contributed by atoms with Crippen LogP contribution in [0.4, 0.5) is 0 Å². The molecule has 1 aromatic rings. The molecular weight excluding hydrogens is 186 g/mol. The molecule has 0 spiro atoms. The highest BCUT2D eigenvalue weighted by molar-refractivity contribution is 5.85. The molecule has 1 fully saturated rings. The number of benzene rings is 1. The minimum Gasteiger partial charge on any atom is -0.338 e. The van der Waals surface area contributed by atoms with Gasteiger partial charge in [-0.15, -0.1) is 6.58 Å². The second-order valence-corrected chi connectivity index (χ2v) is 3.82. The van der Waals surface area contributed by atoms with Crippen LogP contribution in [0.1, 0.15) is 17.9 Å². The van der Waals surface area contributed by atoms with Crippen LogP contribution in [0, 0.1) is 0 Å². The SMILES string of the molecule is C=CCN1CCC(c2ccccc2)C1=O. The summed E-state index contributed by atoms with van der Waals surface area (Å²) >= 11 is 0. The lowest BCUT2D eigenvalue weighted by Gasteiger charge is -2.14. The van der Waals surface area contributed by atoms with Crippen molar-refractivity contribution in [1.82, 2.24) is 4.90 Å². The van der Waals surface area contributed by atoms with Gasteiger partial charge in [-0.2, -0.15) is 0 Å². The van der Waals surface area contributed by atoms with Crippen LogP contribution in [-0.2, 0) is 4.79 Å². The van der Waals surface area contributed by atoms with Crippen molar-refractivity contribution in [2.45, 2.75) is 12.3 Å². The first kappa shape index (κ1) is 9.97. The van der Waals surface area contributed by atoms with Gasteiger partial charge >= 0.3 is 0 Å². The van der Waals surface area contributed by atoms with E-state index in [4.69, 9.17) is 0 Å². The first-order valence-corrected chi connectivity index (χ1v) is 5.27. The summed E-state index contributed by atoms with van der Waals surface area (Å²) in [6, 6.07) is 10.0. The summed E-state index contributed by atoms with van der Waals surface area (Å²) in [6.07, 6.45) is 2.71. The largest absolute Gasteiger partial charge is 0.338 e. The Morgan fingerprint density at radius 3 is 2.80 bits per heavy atom. The minimum atomic E-state index is 0.0612. The molecular formula is C13H15NO. The van der Waals surface area contributed by atoms with Crippen molar-refractivity contribution in [2.24, 2.45) is 0 Å². The van der Waals surface area contributed by atoms with E-state index in [9.17, 15) is 4.79 Å². The Kier molecular flexibility index (Phi) is 2.86. The Hall–Kier alpha value is -1.57. The Bertz CT molecular complexity index is 358. The molecule has 1 heterocycles. The van der Waals surface area contributed by atoms with E-state index in [-0.39, 0.29) is 11.8 Å². The van der Waals surface area contributed by atoms with Gasteiger partial charge in [-0.3, -0.25) is 4.79 Å². The predicted octanol–water partition coefficient (Wildman–Crippen LogP) is 2.19. The zero-order valence-electron chi connectivity index (χ0n) is 8.73. The van der Waals surface area contributed by atoms with Crippen molar-refractivity contribution < 1.29 is 4.79 Å². The van der Waals surface area contributed by atoms with E-state index in [1.54, 1.807) is 6.08 Å². The van der Waals surface area contributed by atoms with Gasteiger partial charge in [0.05, 0.1) is 5.92 Å². The second kappa shape index (κ2) is 4.30. The highest BCUT2D eigenvalue weighted by Gasteiger charge is 2.31. The maximum atomic E-state index is 12.0. The summed E-state index contributed by atoms with van der Waals surface area (Å²) in [4.78, 5) is 13.8. The van der Waals surface area contributed by atoms with Gasteiger partial charge in [0.15, 0.2) is 0 Å². The van der Waals surface area contributed by atoms with Gasteiger partial charge in [-0.25, -0.2) is 0 Å². The molecule has 0 aromatic heterocycles. The van der Waals surface area contributed by atoms with E-state index in [1.807, 2.05) is 35.2 Å². The van der Waals surface area contributed by atoms with E-state index in [0.29, 0.717) is 6.54 Å². The fraction of sp³-hybridized carbons (Fsp3) is 0.308. The number of likely N-dealkylation sites (tertiary alicyclic amines) is 1. The van der Waals surface area contributed by atoms with Crippen LogP contribution in [-0.4, -0.2) is 23.9 Å². The smallest absolute Gasteiger partial charge is 0.230 e. The van der Waals surface area contributed by atoms with Crippen LogP contribution in [0.5, 0.6) is 0 Å². The molecule has 78 valence electrons. The topological polar surface area (TPSA) is 20.3 Å². The predicted molar refractivity (Wildman–Crippen MR) is 60.6 cm³/mol. The van der Waals surface area contributed by atoms with Gasteiger partial charge in [0.1, 0.15) is 0 Å². The van der Waals surface area contributed by atoms with Gasteiger partial charge in [0, 0.05) is 13.1 Å². The summed E-state index contributed by atoms with van der Waals surface area (Å²) in [6.45, 7) is 5.18. The molecule has 15 heavy (non-hydrogen) atoms. The molecule has 0 radical (unpaired) electrons. The number of carbonyl (C=O) groups is 1. The highest BCUT2D eigenvalue weighted by atomic mass is 16.2. The number of amides is 1. The van der Waals surface area contributed by atoms with Gasteiger partial charge in [0.25, 0.3) is 0 Å². The van der Waals surface area contributed by atoms with E-state index in [1.165, 1.54) is 0 Å². The molecule has 2 heteroatoms. The van der Waals surface area contributed by atoms with Crippen LogP contribution < -0.4 is 0 Å². The average Bonchev–Trinajstić information content (AvgIpc) is 2.63. The molecule has 1 atom stereocenters. The zero-order valence-corrected chi connectivity index (χ0v) is 8.73. The van der Waals surface area contributed by atoms with Crippen molar-refractivity contribution in [2.75, 3.05) is 13.1 Å². The number of rotatable bonds is 3. The molecule has 1 aliphatic heterocycles. The summed E-state index contributed by atoms with van der Waals surface area (Å²) in [5.41, 5.74) is 1.13. The molecule has 0 bridgehead atoms. The Morgan fingerprint density at radius 2 is 2.13 bits per heavy atom. The van der Waals surface area contributed by atoms with Crippen LogP contribution in [0.25, 0.3) is 0 Å². The third-order valence-electron chi connectivity index (χ3n) is 2.85. The Labute approximate surface area is 90.2 Å². The lowest BCUT2D eigenvalue weighted by molar-refractivity contribution is -0.128. The number of hydrogen-bond donors (Lipinski definition) is 0. The monoisotopic (exact) mass is 201 g/mol. The quantitative estimate of drug-likeness (QED) is 0.686. The average molecular weight is 201 g/mol. The van der Waals surface area contributed by atoms with Gasteiger partial charge in [-0.05, 0) is 12.0 Å². The first-order valence-electron chi connectivity index (χ1n) is 5.27. The van der Waals surface area contributed by atoms with E-state index in [0.717, 1.165) is 18.5 Å². The van der Waals surface area contributed by atoms with Crippen LogP contribution >= 0.6 is 0 Å². The summed E-state index contributed by atoms with van der Waals surface area (Å²) < 4.78 is 0. The molecule has 2 nitrogen and oxygen atoms in total. The Morgan fingerprint density at radius 1 is 1.40 bits per heavy atom. The first-order chi connectivity index (χ1) is 7.33. The molecule has 1 amide bonds. The Balaban J connectivity index is 2.14. The summed E-state index contributed by atoms with van der Waals surface area (Å²) in [5, 5.41) is 0. The molecule has 2 rings (SSSR count). The summed E-state index contributed by atoms with van der Waals surface area (Å²) in [7, 11) is 0. The molecule has 1 saturated heterocycles. The van der Waals surface area contributed by atoms with Crippen molar-refractivity contribution in [1.29, 1.82) is 0 Å². The van der Waals surface area contributed by atoms with Crippen LogP contribution in [0.3, 0.4) is 0 Å². The van der Waals surface area contributed by atoms with Gasteiger partial charge < -0.3 is 4.90 Å². The normalized spacial score (nSPS) is 20.7. The van der Waals surface area contributed by atoms with E-state index >= 15 is 0 Å². The highest BCUT2D eigenvalue weighted by Crippen LogP contribution is 2.27. The van der Waals surface area contributed by atoms with Crippen molar-refractivity contribution in [3.8, 4) is 0 Å². The number of carbonyl (C=O) groups excluding carboxylic acids is 1. The minimum absolute atomic E-state index is 0.0612. The van der Waals surface area contributed by atoms with Crippen molar-refractivity contribution in [3.05, 3.63) is 48.6 Å². The van der Waals surface area contributed by atoms with E-state index < -0.39 is 0 Å². The molecule has 0 saturated carbocycles. The maximum Gasteiger partial charge on any atom is 0.230 e. The number of nitrogens with zero attached hydrogens (tertiary/aromatic N) is 1. The van der Waals surface area contributed by atoms with Crippen molar-refractivity contribution in [3.63, 3.8) is 0 Å². The second-order valence-electron chi connectivity index (χ2n) is 3.82. The molecule has 1 aromatic carbocycles. The lowest BCUT2D eigenvalue weighted by atomic mass is 9.98. The molecule has 1 unspecified atom stereocenters. The third kappa shape index (κ3) is 1.94. The van der Waals surface area contributed by atoms with Gasteiger partial charge in [0.2, 0.25) is 5.91 Å². The fourth-order valence-corrected chi connectivity index (χ4v) is 2.07. The fourth-order valence-electron chi connectivity index (χ4n) is 2.07. The maximum absolute atomic E-state index is 12.0. The molecule has 1 aliphatic rings. The van der Waals surface area contributed by atoms with Gasteiger partial charge in [-0.1, -0.05) is 36.4 Å². The standard InChI is InChI=1S/C13H15NO/c1-2-9-14-10-8-12(13(14)15)11-6-4-3-5-7-11/h2-7,12H,1,8-10H2. The zero-order chi connectivity index (χ0) is 10.7. The van der Waals surface area contributed by atoms with Crippen LogP contribution in [0.15, 0.2) is 43.0 Å². The molecule has 0 aliphatic carbocycles. The molecule has 0 N–H and O–H groups in total. The van der Waals surface area contributed by atoms with Crippen LogP contribution in [0.2, 0.25) is 0 Å².